The monoisotopic (exact) mass is 236 g/mol. The Hall–Kier alpha value is -1.13. The van der Waals surface area contributed by atoms with Gasteiger partial charge in [-0.15, -0.1) is 11.3 Å². The fourth-order valence-corrected chi connectivity index (χ4v) is 2.51. The molecule has 0 aliphatic carbocycles. The number of hydrogen-bond acceptors (Lipinski definition) is 3. The van der Waals surface area contributed by atoms with Gasteiger partial charge in [0, 0.05) is 11.6 Å². The van der Waals surface area contributed by atoms with Crippen LogP contribution in [0.5, 0.6) is 0 Å². The summed E-state index contributed by atoms with van der Waals surface area (Å²) in [6.07, 6.45) is 0.896. The van der Waals surface area contributed by atoms with E-state index >= 15 is 0 Å². The number of aliphatic hydroxyl groups excluding tert-OH is 1. The first-order valence-electron chi connectivity index (χ1n) is 5.47. The van der Waals surface area contributed by atoms with E-state index in [0.717, 1.165) is 23.6 Å². The van der Waals surface area contributed by atoms with E-state index in [4.69, 9.17) is 0 Å². The SMILES string of the molecule is CCC(CO)c1nc(-c2cccs2)c(C)[nH]1. The van der Waals surface area contributed by atoms with Gasteiger partial charge < -0.3 is 10.1 Å². The third-order valence-electron chi connectivity index (χ3n) is 2.76. The highest BCUT2D eigenvalue weighted by Gasteiger charge is 2.15. The van der Waals surface area contributed by atoms with Crippen molar-refractivity contribution in [3.63, 3.8) is 0 Å². The lowest BCUT2D eigenvalue weighted by Crippen LogP contribution is -2.04. The summed E-state index contributed by atoms with van der Waals surface area (Å²) in [5, 5.41) is 11.3. The lowest BCUT2D eigenvalue weighted by molar-refractivity contribution is 0.258. The van der Waals surface area contributed by atoms with E-state index in [1.54, 1.807) is 11.3 Å². The van der Waals surface area contributed by atoms with E-state index in [9.17, 15) is 5.11 Å². The molecule has 0 spiro atoms. The molecule has 2 rings (SSSR count). The Morgan fingerprint density at radius 1 is 1.56 bits per heavy atom. The maximum Gasteiger partial charge on any atom is 0.112 e. The van der Waals surface area contributed by atoms with Gasteiger partial charge in [0.2, 0.25) is 0 Å². The van der Waals surface area contributed by atoms with Crippen LogP contribution in [0.15, 0.2) is 17.5 Å². The summed E-state index contributed by atoms with van der Waals surface area (Å²) >= 11 is 1.69. The summed E-state index contributed by atoms with van der Waals surface area (Å²) in [6.45, 7) is 4.23. The number of nitrogens with one attached hydrogen (secondary N) is 1. The molecule has 2 heterocycles. The molecule has 4 heteroatoms. The molecule has 0 bridgehead atoms. The number of rotatable bonds is 4. The van der Waals surface area contributed by atoms with E-state index in [-0.39, 0.29) is 12.5 Å². The molecule has 0 saturated carbocycles. The third-order valence-corrected chi connectivity index (χ3v) is 3.63. The largest absolute Gasteiger partial charge is 0.396 e. The van der Waals surface area contributed by atoms with Gasteiger partial charge in [-0.05, 0) is 24.8 Å². The Bertz CT molecular complexity index is 444. The summed E-state index contributed by atoms with van der Waals surface area (Å²) < 4.78 is 0. The molecule has 1 atom stereocenters. The van der Waals surface area contributed by atoms with E-state index in [0.29, 0.717) is 0 Å². The molecular weight excluding hydrogens is 220 g/mol. The highest BCUT2D eigenvalue weighted by Crippen LogP contribution is 2.28. The Morgan fingerprint density at radius 2 is 2.38 bits per heavy atom. The number of aryl methyl sites for hydroxylation is 1. The van der Waals surface area contributed by atoms with Gasteiger partial charge in [-0.2, -0.15) is 0 Å². The molecule has 0 fully saturated rings. The summed E-state index contributed by atoms with van der Waals surface area (Å²) in [7, 11) is 0. The number of aromatic amines is 1. The summed E-state index contributed by atoms with van der Waals surface area (Å²) in [5.41, 5.74) is 2.08. The summed E-state index contributed by atoms with van der Waals surface area (Å²) in [5.74, 6) is 1.01. The lowest BCUT2D eigenvalue weighted by Gasteiger charge is -2.06. The second-order valence-corrected chi connectivity index (χ2v) is 4.81. The quantitative estimate of drug-likeness (QED) is 0.857. The molecule has 86 valence electrons. The van der Waals surface area contributed by atoms with Crippen molar-refractivity contribution in [2.24, 2.45) is 0 Å². The van der Waals surface area contributed by atoms with Gasteiger partial charge in [-0.25, -0.2) is 4.98 Å². The van der Waals surface area contributed by atoms with Crippen LogP contribution in [0.25, 0.3) is 10.6 Å². The van der Waals surface area contributed by atoms with Gasteiger partial charge in [0.05, 0.1) is 11.5 Å². The highest BCUT2D eigenvalue weighted by molar-refractivity contribution is 7.13. The normalized spacial score (nSPS) is 12.9. The van der Waals surface area contributed by atoms with Crippen molar-refractivity contribution in [3.05, 3.63) is 29.0 Å². The van der Waals surface area contributed by atoms with E-state index in [2.05, 4.69) is 23.0 Å². The first kappa shape index (κ1) is 11.4. The van der Waals surface area contributed by atoms with E-state index in [1.807, 2.05) is 18.4 Å². The first-order valence-corrected chi connectivity index (χ1v) is 6.35. The number of H-pyrrole nitrogens is 1. The minimum absolute atomic E-state index is 0.118. The second kappa shape index (κ2) is 4.80. The predicted molar refractivity (Wildman–Crippen MR) is 66.8 cm³/mol. The number of aromatic nitrogens is 2. The Kier molecular flexibility index (Phi) is 3.41. The van der Waals surface area contributed by atoms with Gasteiger partial charge in [0.25, 0.3) is 0 Å². The highest BCUT2D eigenvalue weighted by atomic mass is 32.1. The van der Waals surface area contributed by atoms with Crippen molar-refractivity contribution in [2.45, 2.75) is 26.2 Å². The van der Waals surface area contributed by atoms with Crippen molar-refractivity contribution < 1.29 is 5.11 Å². The van der Waals surface area contributed by atoms with Crippen molar-refractivity contribution in [1.82, 2.24) is 9.97 Å². The fraction of sp³-hybridized carbons (Fsp3) is 0.417. The lowest BCUT2D eigenvalue weighted by atomic mass is 10.1. The Morgan fingerprint density at radius 3 is 2.94 bits per heavy atom. The van der Waals surface area contributed by atoms with Crippen LogP contribution < -0.4 is 0 Å². The zero-order chi connectivity index (χ0) is 11.5. The molecule has 0 amide bonds. The van der Waals surface area contributed by atoms with Crippen LogP contribution in [0.1, 0.15) is 30.8 Å². The molecule has 0 aromatic carbocycles. The zero-order valence-electron chi connectivity index (χ0n) is 9.53. The molecule has 3 nitrogen and oxygen atoms in total. The molecule has 2 aromatic rings. The molecular formula is C12H16N2OS. The number of nitrogens with zero attached hydrogens (tertiary/aromatic N) is 1. The van der Waals surface area contributed by atoms with Gasteiger partial charge >= 0.3 is 0 Å². The summed E-state index contributed by atoms with van der Waals surface area (Å²) in [4.78, 5) is 9.03. The Labute approximate surface area is 99.2 Å². The van der Waals surface area contributed by atoms with Crippen LogP contribution in [-0.2, 0) is 0 Å². The van der Waals surface area contributed by atoms with Crippen molar-refractivity contribution in [3.8, 4) is 10.6 Å². The van der Waals surface area contributed by atoms with Crippen LogP contribution in [0.4, 0.5) is 0 Å². The Balaban J connectivity index is 2.35. The fourth-order valence-electron chi connectivity index (χ4n) is 1.74. The van der Waals surface area contributed by atoms with Crippen LogP contribution in [-0.4, -0.2) is 21.7 Å². The number of hydrogen-bond donors (Lipinski definition) is 2. The molecule has 16 heavy (non-hydrogen) atoms. The minimum atomic E-state index is 0.118. The summed E-state index contributed by atoms with van der Waals surface area (Å²) in [6, 6.07) is 4.09. The van der Waals surface area contributed by atoms with Gasteiger partial charge in [-0.3, -0.25) is 0 Å². The molecule has 0 saturated heterocycles. The zero-order valence-corrected chi connectivity index (χ0v) is 10.3. The van der Waals surface area contributed by atoms with E-state index < -0.39 is 0 Å². The minimum Gasteiger partial charge on any atom is -0.396 e. The van der Waals surface area contributed by atoms with Crippen molar-refractivity contribution in [1.29, 1.82) is 0 Å². The predicted octanol–water partition coefficient (Wildman–Crippen LogP) is 2.93. The van der Waals surface area contributed by atoms with Gasteiger partial charge in [0.1, 0.15) is 11.5 Å². The smallest absolute Gasteiger partial charge is 0.112 e. The first-order chi connectivity index (χ1) is 7.76. The van der Waals surface area contributed by atoms with Crippen LogP contribution in [0.2, 0.25) is 0 Å². The maximum atomic E-state index is 9.25. The number of thiophene rings is 1. The standard InChI is InChI=1S/C12H16N2OS/c1-3-9(7-15)12-13-8(2)11(14-12)10-5-4-6-16-10/h4-6,9,15H,3,7H2,1-2H3,(H,13,14). The molecule has 2 aromatic heterocycles. The third kappa shape index (κ3) is 2.03. The molecule has 0 aliphatic rings. The average Bonchev–Trinajstić information content (AvgIpc) is 2.89. The van der Waals surface area contributed by atoms with Gasteiger partial charge in [-0.1, -0.05) is 13.0 Å². The van der Waals surface area contributed by atoms with Crippen LogP contribution in [0.3, 0.4) is 0 Å². The second-order valence-electron chi connectivity index (χ2n) is 3.86. The topological polar surface area (TPSA) is 48.9 Å². The van der Waals surface area contributed by atoms with E-state index in [1.165, 1.54) is 4.88 Å². The average molecular weight is 236 g/mol. The van der Waals surface area contributed by atoms with Crippen LogP contribution in [0, 0.1) is 6.92 Å². The van der Waals surface area contributed by atoms with Crippen LogP contribution >= 0.6 is 11.3 Å². The molecule has 2 N–H and O–H groups in total. The van der Waals surface area contributed by atoms with Gasteiger partial charge in [0.15, 0.2) is 0 Å². The number of imidazole rings is 1. The maximum absolute atomic E-state index is 9.25. The number of aliphatic hydroxyl groups is 1. The molecule has 0 aliphatic heterocycles. The van der Waals surface area contributed by atoms with Crippen molar-refractivity contribution >= 4 is 11.3 Å². The van der Waals surface area contributed by atoms with Crippen molar-refractivity contribution in [2.75, 3.05) is 6.61 Å². The molecule has 0 radical (unpaired) electrons. The molecule has 1 unspecified atom stereocenters.